The fourth-order valence-electron chi connectivity index (χ4n) is 3.12. The number of aliphatic hydroxyl groups is 1. The molecule has 0 saturated heterocycles. The van der Waals surface area contributed by atoms with Gasteiger partial charge in [0.25, 0.3) is 5.91 Å². The van der Waals surface area contributed by atoms with Gasteiger partial charge in [0.15, 0.2) is 10.8 Å². The van der Waals surface area contributed by atoms with Crippen molar-refractivity contribution in [3.8, 4) is 6.07 Å². The summed E-state index contributed by atoms with van der Waals surface area (Å²) in [5.74, 6) is -1.16. The van der Waals surface area contributed by atoms with Gasteiger partial charge in [0.2, 0.25) is 0 Å². The standard InChI is InChI=1S/C20H13ClF6N4O2/c1-18(33,17(32)29-11-6-5-10(8-28)13(7-11)20(25,26)27)9-31-14-4-2-3-12(19(22,23)24)15(14)16(21)30-31/h2-7,33H,9H2,1H3,(H,29,32). The van der Waals surface area contributed by atoms with Gasteiger partial charge in [-0.05, 0) is 37.3 Å². The Labute approximate surface area is 187 Å². The second-order valence-electron chi connectivity index (χ2n) is 7.24. The Balaban J connectivity index is 1.91. The summed E-state index contributed by atoms with van der Waals surface area (Å²) in [5.41, 5.74) is -5.78. The van der Waals surface area contributed by atoms with Crippen molar-refractivity contribution in [1.82, 2.24) is 9.78 Å². The van der Waals surface area contributed by atoms with E-state index in [2.05, 4.69) is 10.4 Å². The molecule has 33 heavy (non-hydrogen) atoms. The van der Waals surface area contributed by atoms with E-state index in [1.165, 1.54) is 12.1 Å². The van der Waals surface area contributed by atoms with Crippen molar-refractivity contribution in [1.29, 1.82) is 5.26 Å². The van der Waals surface area contributed by atoms with E-state index < -0.39 is 57.6 Å². The normalized spacial score (nSPS) is 14.1. The molecule has 0 radical (unpaired) electrons. The maximum atomic E-state index is 13.3. The molecule has 1 aromatic heterocycles. The number of carbonyl (C=O) groups excluding carboxylic acids is 1. The molecule has 2 N–H and O–H groups in total. The molecule has 174 valence electrons. The molecule has 0 aliphatic carbocycles. The van der Waals surface area contributed by atoms with E-state index >= 15 is 0 Å². The summed E-state index contributed by atoms with van der Waals surface area (Å²) in [7, 11) is 0. The van der Waals surface area contributed by atoms with E-state index in [9.17, 15) is 36.2 Å². The minimum Gasteiger partial charge on any atom is -0.378 e. The summed E-state index contributed by atoms with van der Waals surface area (Å²) in [6, 6.07) is 6.98. The molecule has 0 aliphatic heterocycles. The Hall–Kier alpha value is -3.30. The lowest BCUT2D eigenvalue weighted by molar-refractivity contribution is -0.138. The predicted octanol–water partition coefficient (Wildman–Crippen LogP) is 4.99. The van der Waals surface area contributed by atoms with Gasteiger partial charge in [0.05, 0.1) is 40.2 Å². The molecule has 0 spiro atoms. The molecule has 13 heteroatoms. The number of amides is 1. The number of anilines is 1. The number of carbonyl (C=O) groups is 1. The van der Waals surface area contributed by atoms with Gasteiger partial charge in [-0.25, -0.2) is 0 Å². The monoisotopic (exact) mass is 490 g/mol. The topological polar surface area (TPSA) is 90.9 Å². The molecular weight excluding hydrogens is 478 g/mol. The first kappa shape index (κ1) is 24.3. The second-order valence-corrected chi connectivity index (χ2v) is 7.60. The number of aromatic nitrogens is 2. The van der Waals surface area contributed by atoms with Crippen LogP contribution in [0.15, 0.2) is 36.4 Å². The van der Waals surface area contributed by atoms with Crippen LogP contribution in [0.3, 0.4) is 0 Å². The van der Waals surface area contributed by atoms with Gasteiger partial charge in [-0.2, -0.15) is 36.7 Å². The molecule has 0 bridgehead atoms. The van der Waals surface area contributed by atoms with E-state index in [0.717, 1.165) is 35.9 Å². The number of alkyl halides is 6. The third kappa shape index (κ3) is 4.89. The van der Waals surface area contributed by atoms with Crippen LogP contribution in [0.25, 0.3) is 10.9 Å². The summed E-state index contributed by atoms with van der Waals surface area (Å²) in [5, 5.41) is 24.4. The average molecular weight is 491 g/mol. The molecule has 1 heterocycles. The Morgan fingerprint density at radius 1 is 1.15 bits per heavy atom. The zero-order valence-electron chi connectivity index (χ0n) is 16.5. The quantitative estimate of drug-likeness (QED) is 0.504. The number of nitriles is 1. The van der Waals surface area contributed by atoms with Crippen LogP contribution in [0, 0.1) is 11.3 Å². The van der Waals surface area contributed by atoms with Crippen molar-refractivity contribution in [2.24, 2.45) is 0 Å². The van der Waals surface area contributed by atoms with Crippen molar-refractivity contribution in [3.63, 3.8) is 0 Å². The molecule has 6 nitrogen and oxygen atoms in total. The van der Waals surface area contributed by atoms with Crippen molar-refractivity contribution >= 4 is 34.1 Å². The predicted molar refractivity (Wildman–Crippen MR) is 105 cm³/mol. The van der Waals surface area contributed by atoms with E-state index in [1.54, 1.807) is 0 Å². The molecule has 1 unspecified atom stereocenters. The van der Waals surface area contributed by atoms with Gasteiger partial charge in [-0.15, -0.1) is 0 Å². The summed E-state index contributed by atoms with van der Waals surface area (Å²) in [6.45, 7) is 0.345. The highest BCUT2D eigenvalue weighted by atomic mass is 35.5. The van der Waals surface area contributed by atoms with Gasteiger partial charge < -0.3 is 10.4 Å². The lowest BCUT2D eigenvalue weighted by Crippen LogP contribution is -2.44. The maximum absolute atomic E-state index is 13.3. The molecule has 0 saturated carbocycles. The van der Waals surface area contributed by atoms with Gasteiger partial charge in [-0.3, -0.25) is 9.48 Å². The molecule has 3 rings (SSSR count). The molecule has 1 amide bonds. The molecule has 2 aromatic carbocycles. The summed E-state index contributed by atoms with van der Waals surface area (Å²) < 4.78 is 80.1. The van der Waals surface area contributed by atoms with Gasteiger partial charge in [-0.1, -0.05) is 17.7 Å². The fourth-order valence-corrected chi connectivity index (χ4v) is 3.41. The number of nitrogens with one attached hydrogen (secondary N) is 1. The highest BCUT2D eigenvalue weighted by Crippen LogP contribution is 2.38. The number of rotatable bonds is 4. The highest BCUT2D eigenvalue weighted by Gasteiger charge is 2.37. The second kappa shape index (κ2) is 8.24. The maximum Gasteiger partial charge on any atom is 0.417 e. The number of halogens is 7. The number of fused-ring (bicyclic) bond motifs is 1. The Bertz CT molecular complexity index is 1270. The van der Waals surface area contributed by atoms with Gasteiger partial charge in [0.1, 0.15) is 0 Å². The van der Waals surface area contributed by atoms with Crippen LogP contribution in [0.5, 0.6) is 0 Å². The van der Waals surface area contributed by atoms with Gasteiger partial charge in [0, 0.05) is 5.69 Å². The SMILES string of the molecule is CC(O)(Cn1nc(Cl)c2c(C(F)(F)F)cccc21)C(=O)Nc1ccc(C#N)c(C(F)(F)F)c1. The molecule has 0 aliphatic rings. The molecule has 0 fully saturated rings. The molecular formula is C20H13ClF6N4O2. The van der Waals surface area contributed by atoms with E-state index in [0.29, 0.717) is 6.07 Å². The Kier molecular flexibility index (Phi) is 6.08. The number of hydrogen-bond donors (Lipinski definition) is 2. The smallest absolute Gasteiger partial charge is 0.378 e. The zero-order chi connectivity index (χ0) is 24.8. The number of nitrogens with zero attached hydrogens (tertiary/aromatic N) is 3. The summed E-state index contributed by atoms with van der Waals surface area (Å²) >= 11 is 5.87. The Morgan fingerprint density at radius 3 is 2.36 bits per heavy atom. The minimum absolute atomic E-state index is 0.111. The van der Waals surface area contributed by atoms with Crippen LogP contribution in [-0.2, 0) is 23.7 Å². The third-order valence-corrected chi connectivity index (χ3v) is 4.96. The van der Waals surface area contributed by atoms with E-state index in [4.69, 9.17) is 16.9 Å². The largest absolute Gasteiger partial charge is 0.417 e. The van der Waals surface area contributed by atoms with Crippen LogP contribution in [0.1, 0.15) is 23.6 Å². The first-order valence-corrected chi connectivity index (χ1v) is 9.40. The van der Waals surface area contributed by atoms with Crippen molar-refractivity contribution in [3.05, 3.63) is 58.2 Å². The lowest BCUT2D eigenvalue weighted by Gasteiger charge is -2.23. The van der Waals surface area contributed by atoms with E-state index in [-0.39, 0.29) is 11.2 Å². The molecule has 1 atom stereocenters. The first-order chi connectivity index (χ1) is 15.1. The van der Waals surface area contributed by atoms with Crippen molar-refractivity contribution in [2.45, 2.75) is 31.4 Å². The zero-order valence-corrected chi connectivity index (χ0v) is 17.3. The van der Waals surface area contributed by atoms with Crippen LogP contribution < -0.4 is 5.32 Å². The summed E-state index contributed by atoms with van der Waals surface area (Å²) in [4.78, 5) is 12.6. The average Bonchev–Trinajstić information content (AvgIpc) is 3.01. The first-order valence-electron chi connectivity index (χ1n) is 9.02. The fraction of sp³-hybridized carbons (Fsp3) is 0.250. The van der Waals surface area contributed by atoms with E-state index in [1.807, 2.05) is 0 Å². The van der Waals surface area contributed by atoms with Crippen LogP contribution in [0.4, 0.5) is 32.0 Å². The third-order valence-electron chi connectivity index (χ3n) is 4.69. The number of benzene rings is 2. The van der Waals surface area contributed by atoms with Gasteiger partial charge >= 0.3 is 12.4 Å². The Morgan fingerprint density at radius 2 is 1.79 bits per heavy atom. The molecule has 3 aromatic rings. The van der Waals surface area contributed by atoms with Crippen LogP contribution in [0.2, 0.25) is 5.15 Å². The minimum atomic E-state index is -4.87. The van der Waals surface area contributed by atoms with Crippen molar-refractivity contribution < 1.29 is 36.2 Å². The van der Waals surface area contributed by atoms with Crippen molar-refractivity contribution in [2.75, 3.05) is 5.32 Å². The number of hydrogen-bond acceptors (Lipinski definition) is 4. The summed E-state index contributed by atoms with van der Waals surface area (Å²) in [6.07, 6.45) is -9.60. The van der Waals surface area contributed by atoms with Crippen LogP contribution >= 0.6 is 11.6 Å². The lowest BCUT2D eigenvalue weighted by atomic mass is 10.0. The highest BCUT2D eigenvalue weighted by molar-refractivity contribution is 6.34. The van der Waals surface area contributed by atoms with Crippen LogP contribution in [-0.4, -0.2) is 26.4 Å².